The van der Waals surface area contributed by atoms with E-state index in [1.54, 1.807) is 23.7 Å². The van der Waals surface area contributed by atoms with Gasteiger partial charge in [-0.25, -0.2) is 0 Å². The molecule has 0 aliphatic heterocycles. The van der Waals surface area contributed by atoms with Crippen LogP contribution in [-0.2, 0) is 18.3 Å². The molecule has 19 heavy (non-hydrogen) atoms. The number of fused-ring (bicyclic) bond motifs is 1. The standard InChI is InChI=1S/C13H12ClNO4/c1-15-7(6-11(17)18)5-9(16)12-8(14)3-4-10(19-2)13(12)15/h3-5H,6H2,1-2H3,(H,17,18). The Labute approximate surface area is 114 Å². The van der Waals surface area contributed by atoms with E-state index < -0.39 is 5.97 Å². The summed E-state index contributed by atoms with van der Waals surface area (Å²) in [6.45, 7) is 0. The number of nitrogens with zero attached hydrogens (tertiary/aromatic N) is 1. The Bertz CT molecular complexity index is 721. The average Bonchev–Trinajstić information content (AvgIpc) is 2.34. The SMILES string of the molecule is COc1ccc(Cl)c2c(=O)cc(CC(=O)O)n(C)c12. The number of aromatic nitrogens is 1. The zero-order valence-corrected chi connectivity index (χ0v) is 11.2. The second-order valence-corrected chi connectivity index (χ2v) is 4.51. The van der Waals surface area contributed by atoms with Gasteiger partial charge in [0, 0.05) is 18.8 Å². The number of pyridine rings is 1. The number of aryl methyl sites for hydroxylation is 1. The summed E-state index contributed by atoms with van der Waals surface area (Å²) < 4.78 is 6.83. The lowest BCUT2D eigenvalue weighted by Crippen LogP contribution is -2.15. The van der Waals surface area contributed by atoms with Crippen LogP contribution in [0.25, 0.3) is 10.9 Å². The lowest BCUT2D eigenvalue weighted by Gasteiger charge is -2.14. The molecule has 0 aliphatic rings. The third-order valence-corrected chi connectivity index (χ3v) is 3.27. The molecule has 1 N–H and O–H groups in total. The Morgan fingerprint density at radius 1 is 1.47 bits per heavy atom. The van der Waals surface area contributed by atoms with E-state index in [2.05, 4.69) is 0 Å². The fourth-order valence-electron chi connectivity index (χ4n) is 2.07. The van der Waals surface area contributed by atoms with Crippen LogP contribution in [0, 0.1) is 0 Å². The Kier molecular flexibility index (Phi) is 3.48. The molecular formula is C13H12ClNO4. The second-order valence-electron chi connectivity index (χ2n) is 4.10. The molecule has 100 valence electrons. The average molecular weight is 282 g/mol. The summed E-state index contributed by atoms with van der Waals surface area (Å²) >= 11 is 6.04. The van der Waals surface area contributed by atoms with Crippen LogP contribution in [0.5, 0.6) is 5.75 Å². The van der Waals surface area contributed by atoms with Crippen molar-refractivity contribution in [1.29, 1.82) is 0 Å². The molecule has 0 unspecified atom stereocenters. The first kappa shape index (κ1) is 13.4. The summed E-state index contributed by atoms with van der Waals surface area (Å²) in [5.74, 6) is -0.526. The molecule has 0 saturated carbocycles. The smallest absolute Gasteiger partial charge is 0.309 e. The number of benzene rings is 1. The van der Waals surface area contributed by atoms with Gasteiger partial charge in [0.25, 0.3) is 0 Å². The molecule has 0 atom stereocenters. The number of aliphatic carboxylic acids is 1. The van der Waals surface area contributed by atoms with Crippen molar-refractivity contribution in [3.05, 3.63) is 39.1 Å². The summed E-state index contributed by atoms with van der Waals surface area (Å²) in [7, 11) is 3.16. The Hall–Kier alpha value is -2.01. The second kappa shape index (κ2) is 4.93. The van der Waals surface area contributed by atoms with E-state index in [1.807, 2.05) is 0 Å². The van der Waals surface area contributed by atoms with Gasteiger partial charge < -0.3 is 14.4 Å². The number of carbonyl (C=O) groups is 1. The van der Waals surface area contributed by atoms with Gasteiger partial charge in [-0.3, -0.25) is 9.59 Å². The highest BCUT2D eigenvalue weighted by Gasteiger charge is 2.15. The number of methoxy groups -OCH3 is 1. The van der Waals surface area contributed by atoms with Crippen molar-refractivity contribution < 1.29 is 14.6 Å². The van der Waals surface area contributed by atoms with Crippen LogP contribution < -0.4 is 10.2 Å². The van der Waals surface area contributed by atoms with E-state index in [1.165, 1.54) is 13.2 Å². The van der Waals surface area contributed by atoms with Gasteiger partial charge >= 0.3 is 5.97 Å². The molecule has 0 saturated heterocycles. The van der Waals surface area contributed by atoms with E-state index in [9.17, 15) is 9.59 Å². The topological polar surface area (TPSA) is 68.5 Å². The summed E-state index contributed by atoms with van der Waals surface area (Å²) in [6.07, 6.45) is -0.239. The minimum absolute atomic E-state index is 0.239. The Morgan fingerprint density at radius 2 is 2.16 bits per heavy atom. The fraction of sp³-hybridized carbons (Fsp3) is 0.231. The number of carboxylic acid groups (broad SMARTS) is 1. The van der Waals surface area contributed by atoms with Crippen molar-refractivity contribution in [1.82, 2.24) is 4.57 Å². The molecule has 0 aliphatic carbocycles. The molecule has 1 heterocycles. The van der Waals surface area contributed by atoms with Crippen LogP contribution in [-0.4, -0.2) is 22.8 Å². The van der Waals surface area contributed by atoms with Gasteiger partial charge in [0.15, 0.2) is 5.43 Å². The third kappa shape index (κ3) is 2.29. The number of hydrogen-bond donors (Lipinski definition) is 1. The van der Waals surface area contributed by atoms with E-state index in [-0.39, 0.29) is 11.8 Å². The molecule has 0 spiro atoms. The maximum Gasteiger partial charge on any atom is 0.309 e. The minimum Gasteiger partial charge on any atom is -0.495 e. The van der Waals surface area contributed by atoms with E-state index >= 15 is 0 Å². The van der Waals surface area contributed by atoms with Gasteiger partial charge in [0.05, 0.1) is 29.5 Å². The predicted molar refractivity (Wildman–Crippen MR) is 72.1 cm³/mol. The van der Waals surface area contributed by atoms with Crippen LogP contribution in [0.3, 0.4) is 0 Å². The largest absolute Gasteiger partial charge is 0.495 e. The van der Waals surface area contributed by atoms with E-state index in [0.717, 1.165) is 0 Å². The summed E-state index contributed by atoms with van der Waals surface area (Å²) in [5, 5.41) is 9.51. The van der Waals surface area contributed by atoms with Gasteiger partial charge in [-0.2, -0.15) is 0 Å². The summed E-state index contributed by atoms with van der Waals surface area (Å²) in [6, 6.07) is 4.53. The van der Waals surface area contributed by atoms with E-state index in [4.69, 9.17) is 21.4 Å². The highest BCUT2D eigenvalue weighted by Crippen LogP contribution is 2.29. The molecule has 6 heteroatoms. The third-order valence-electron chi connectivity index (χ3n) is 2.95. The van der Waals surface area contributed by atoms with Crippen molar-refractivity contribution >= 4 is 28.5 Å². The van der Waals surface area contributed by atoms with Crippen molar-refractivity contribution in [2.45, 2.75) is 6.42 Å². The van der Waals surface area contributed by atoms with Crippen molar-refractivity contribution in [3.8, 4) is 5.75 Å². The summed E-state index contributed by atoms with van der Waals surface area (Å²) in [4.78, 5) is 22.9. The minimum atomic E-state index is -1.00. The first-order valence-electron chi connectivity index (χ1n) is 5.52. The molecule has 0 radical (unpaired) electrons. The Morgan fingerprint density at radius 3 is 2.74 bits per heavy atom. The van der Waals surface area contributed by atoms with Crippen LogP contribution in [0.15, 0.2) is 23.0 Å². The molecule has 1 aromatic heterocycles. The molecule has 0 bridgehead atoms. The van der Waals surface area contributed by atoms with Gasteiger partial charge in [-0.05, 0) is 12.1 Å². The maximum absolute atomic E-state index is 12.1. The zero-order valence-electron chi connectivity index (χ0n) is 10.4. The zero-order chi connectivity index (χ0) is 14.2. The molecule has 2 aromatic rings. The lowest BCUT2D eigenvalue weighted by atomic mass is 10.1. The number of ether oxygens (including phenoxy) is 1. The fourth-order valence-corrected chi connectivity index (χ4v) is 2.31. The molecule has 0 amide bonds. The first-order chi connectivity index (χ1) is 8.95. The van der Waals surface area contributed by atoms with Crippen molar-refractivity contribution in [2.75, 3.05) is 7.11 Å². The van der Waals surface area contributed by atoms with Gasteiger partial charge in [0.1, 0.15) is 5.75 Å². The highest BCUT2D eigenvalue weighted by molar-refractivity contribution is 6.35. The van der Waals surface area contributed by atoms with Crippen molar-refractivity contribution in [2.24, 2.45) is 7.05 Å². The van der Waals surface area contributed by atoms with Crippen LogP contribution in [0.4, 0.5) is 0 Å². The molecule has 5 nitrogen and oxygen atoms in total. The van der Waals surface area contributed by atoms with E-state index in [0.29, 0.717) is 27.4 Å². The number of halogens is 1. The van der Waals surface area contributed by atoms with Crippen molar-refractivity contribution in [3.63, 3.8) is 0 Å². The summed E-state index contributed by atoms with van der Waals surface area (Å²) in [5.41, 5.74) is 0.581. The lowest BCUT2D eigenvalue weighted by molar-refractivity contribution is -0.136. The molecule has 0 fully saturated rings. The van der Waals surface area contributed by atoms with Crippen LogP contribution >= 0.6 is 11.6 Å². The maximum atomic E-state index is 12.1. The number of hydrogen-bond acceptors (Lipinski definition) is 3. The number of carboxylic acids is 1. The van der Waals surface area contributed by atoms with Crippen LogP contribution in [0.2, 0.25) is 5.02 Å². The highest BCUT2D eigenvalue weighted by atomic mass is 35.5. The van der Waals surface area contributed by atoms with Gasteiger partial charge in [-0.1, -0.05) is 11.6 Å². The number of rotatable bonds is 3. The molecule has 1 aromatic carbocycles. The molecular weight excluding hydrogens is 270 g/mol. The van der Waals surface area contributed by atoms with Crippen LogP contribution in [0.1, 0.15) is 5.69 Å². The predicted octanol–water partition coefficient (Wildman–Crippen LogP) is 1.83. The normalized spacial score (nSPS) is 10.7. The van der Waals surface area contributed by atoms with Gasteiger partial charge in [-0.15, -0.1) is 0 Å². The molecule has 2 rings (SSSR count). The monoisotopic (exact) mass is 281 g/mol. The Balaban J connectivity index is 2.90. The quantitative estimate of drug-likeness (QED) is 0.932. The van der Waals surface area contributed by atoms with Gasteiger partial charge in [0.2, 0.25) is 0 Å². The first-order valence-corrected chi connectivity index (χ1v) is 5.90.